The molecule has 1 N–H and O–H groups in total. The molecule has 1 amide bonds. The number of amides is 1. The third-order valence-corrected chi connectivity index (χ3v) is 3.92. The second-order valence-corrected chi connectivity index (χ2v) is 5.79. The summed E-state index contributed by atoms with van der Waals surface area (Å²) in [4.78, 5) is 16.5. The summed E-state index contributed by atoms with van der Waals surface area (Å²) in [6.45, 7) is 4.15. The molecule has 2 aromatic rings. The maximum absolute atomic E-state index is 12.1. The van der Waals surface area contributed by atoms with Crippen LogP contribution in [0.4, 0.5) is 5.69 Å². The fourth-order valence-corrected chi connectivity index (χ4v) is 2.82. The number of aromatic nitrogens is 3. The molecule has 0 unspecified atom stereocenters. The largest absolute Gasteiger partial charge is 0.324 e. The molecule has 0 radical (unpaired) electrons. The average Bonchev–Trinajstić information content (AvgIpc) is 3.07. The number of nitrogens with one attached hydrogen (secondary N) is 1. The lowest BCUT2D eigenvalue weighted by Crippen LogP contribution is -2.20. The van der Waals surface area contributed by atoms with Crippen LogP contribution in [0.25, 0.3) is 11.0 Å². The number of anilines is 1. The van der Waals surface area contributed by atoms with Gasteiger partial charge in [-0.2, -0.15) is 5.10 Å². The Morgan fingerprint density at radius 2 is 2.10 bits per heavy atom. The molecular formula is C15H20N4O. The Balaban J connectivity index is 1.80. The van der Waals surface area contributed by atoms with Crippen LogP contribution < -0.4 is 5.32 Å². The highest BCUT2D eigenvalue weighted by Crippen LogP contribution is 2.26. The van der Waals surface area contributed by atoms with E-state index in [1.165, 1.54) is 0 Å². The summed E-state index contributed by atoms with van der Waals surface area (Å²) >= 11 is 0. The molecule has 1 fully saturated rings. The van der Waals surface area contributed by atoms with Gasteiger partial charge in [0, 0.05) is 17.3 Å². The van der Waals surface area contributed by atoms with E-state index in [0.29, 0.717) is 0 Å². The second-order valence-electron chi connectivity index (χ2n) is 5.79. The van der Waals surface area contributed by atoms with Crippen molar-refractivity contribution >= 4 is 22.6 Å². The van der Waals surface area contributed by atoms with Crippen LogP contribution in [0.5, 0.6) is 0 Å². The Kier molecular flexibility index (Phi) is 3.42. The van der Waals surface area contributed by atoms with E-state index in [1.54, 1.807) is 12.4 Å². The molecule has 1 aliphatic carbocycles. The summed E-state index contributed by atoms with van der Waals surface area (Å²) in [7, 11) is 0. The summed E-state index contributed by atoms with van der Waals surface area (Å²) < 4.78 is 1.89. The van der Waals surface area contributed by atoms with Gasteiger partial charge in [0.05, 0.1) is 18.1 Å². The first-order chi connectivity index (χ1) is 9.65. The number of pyridine rings is 1. The number of hydrogen-bond acceptors (Lipinski definition) is 3. The first kappa shape index (κ1) is 13.1. The Bertz CT molecular complexity index is 626. The van der Waals surface area contributed by atoms with Crippen LogP contribution in [-0.4, -0.2) is 20.7 Å². The van der Waals surface area contributed by atoms with Gasteiger partial charge in [-0.3, -0.25) is 4.79 Å². The van der Waals surface area contributed by atoms with Crippen LogP contribution in [0.2, 0.25) is 0 Å². The summed E-state index contributed by atoms with van der Waals surface area (Å²) in [5.41, 5.74) is 1.62. The average molecular weight is 272 g/mol. The predicted octanol–water partition coefficient (Wildman–Crippen LogP) is 3.14. The van der Waals surface area contributed by atoms with Crippen molar-refractivity contribution in [2.45, 2.75) is 45.6 Å². The van der Waals surface area contributed by atoms with E-state index < -0.39 is 0 Å². The number of nitrogens with zero attached hydrogens (tertiary/aromatic N) is 3. The molecule has 0 bridgehead atoms. The summed E-state index contributed by atoms with van der Waals surface area (Å²) in [6, 6.07) is 2.22. The van der Waals surface area contributed by atoms with Gasteiger partial charge in [-0.25, -0.2) is 9.67 Å². The molecule has 1 saturated carbocycles. The van der Waals surface area contributed by atoms with Crippen molar-refractivity contribution in [1.29, 1.82) is 0 Å². The normalized spacial score (nSPS) is 16.1. The third-order valence-electron chi connectivity index (χ3n) is 3.92. The zero-order chi connectivity index (χ0) is 14.1. The number of carbonyl (C=O) groups is 1. The summed E-state index contributed by atoms with van der Waals surface area (Å²) in [6.07, 6.45) is 7.86. The van der Waals surface area contributed by atoms with E-state index in [9.17, 15) is 4.79 Å². The first-order valence-electron chi connectivity index (χ1n) is 7.29. The molecule has 2 heterocycles. The molecule has 0 aromatic carbocycles. The van der Waals surface area contributed by atoms with Crippen LogP contribution in [-0.2, 0) is 4.79 Å². The van der Waals surface area contributed by atoms with Crippen molar-refractivity contribution in [3.05, 3.63) is 18.5 Å². The minimum Gasteiger partial charge on any atom is -0.324 e. The Morgan fingerprint density at radius 1 is 1.35 bits per heavy atom. The number of rotatable bonds is 3. The van der Waals surface area contributed by atoms with Crippen molar-refractivity contribution < 1.29 is 4.79 Å². The fraction of sp³-hybridized carbons (Fsp3) is 0.533. The zero-order valence-electron chi connectivity index (χ0n) is 12.0. The van der Waals surface area contributed by atoms with Crippen LogP contribution in [0.3, 0.4) is 0 Å². The molecule has 1 aliphatic rings. The fourth-order valence-electron chi connectivity index (χ4n) is 2.82. The van der Waals surface area contributed by atoms with Gasteiger partial charge in [0.25, 0.3) is 0 Å². The lowest BCUT2D eigenvalue weighted by molar-refractivity contribution is -0.119. The van der Waals surface area contributed by atoms with Gasteiger partial charge < -0.3 is 5.32 Å². The molecule has 0 aliphatic heterocycles. The molecule has 0 spiro atoms. The van der Waals surface area contributed by atoms with Gasteiger partial charge in [0.2, 0.25) is 5.91 Å². The van der Waals surface area contributed by atoms with E-state index in [2.05, 4.69) is 29.2 Å². The van der Waals surface area contributed by atoms with Crippen LogP contribution in [0, 0.1) is 5.92 Å². The molecule has 20 heavy (non-hydrogen) atoms. The summed E-state index contributed by atoms with van der Waals surface area (Å²) in [5.74, 6) is 0.295. The van der Waals surface area contributed by atoms with Crippen LogP contribution in [0.1, 0.15) is 45.6 Å². The van der Waals surface area contributed by atoms with Crippen molar-refractivity contribution in [3.8, 4) is 0 Å². The third kappa shape index (κ3) is 2.40. The standard InChI is InChI=1S/C15H20N4O/c1-10(2)19-14-12(8-17-19)7-13(9-16-14)18-15(20)11-5-3-4-6-11/h7-11H,3-6H2,1-2H3,(H,18,20). The number of carbonyl (C=O) groups excluding carboxylic acids is 1. The lowest BCUT2D eigenvalue weighted by atomic mass is 10.1. The van der Waals surface area contributed by atoms with Gasteiger partial charge in [-0.15, -0.1) is 0 Å². The molecule has 3 rings (SSSR count). The topological polar surface area (TPSA) is 59.8 Å². The van der Waals surface area contributed by atoms with Crippen LogP contribution in [0.15, 0.2) is 18.5 Å². The Labute approximate surface area is 118 Å². The van der Waals surface area contributed by atoms with E-state index in [4.69, 9.17) is 0 Å². The maximum atomic E-state index is 12.1. The second kappa shape index (κ2) is 5.23. The van der Waals surface area contributed by atoms with Gasteiger partial charge >= 0.3 is 0 Å². The Morgan fingerprint density at radius 3 is 2.80 bits per heavy atom. The highest BCUT2D eigenvalue weighted by Gasteiger charge is 2.22. The highest BCUT2D eigenvalue weighted by atomic mass is 16.1. The van der Waals surface area contributed by atoms with Gasteiger partial charge in [0.1, 0.15) is 0 Å². The maximum Gasteiger partial charge on any atom is 0.227 e. The molecule has 106 valence electrons. The molecule has 5 nitrogen and oxygen atoms in total. The smallest absolute Gasteiger partial charge is 0.227 e. The van der Waals surface area contributed by atoms with Gasteiger partial charge in [-0.05, 0) is 32.8 Å². The van der Waals surface area contributed by atoms with E-state index in [-0.39, 0.29) is 17.9 Å². The number of fused-ring (bicyclic) bond motifs is 1. The van der Waals surface area contributed by atoms with Gasteiger partial charge in [0.15, 0.2) is 5.65 Å². The van der Waals surface area contributed by atoms with Crippen molar-refractivity contribution in [2.24, 2.45) is 5.92 Å². The van der Waals surface area contributed by atoms with Crippen LogP contribution >= 0.6 is 0 Å². The quantitative estimate of drug-likeness (QED) is 0.933. The summed E-state index contributed by atoms with van der Waals surface area (Å²) in [5, 5.41) is 8.27. The minimum atomic E-state index is 0.125. The monoisotopic (exact) mass is 272 g/mol. The molecule has 5 heteroatoms. The van der Waals surface area contributed by atoms with Crippen molar-refractivity contribution in [1.82, 2.24) is 14.8 Å². The van der Waals surface area contributed by atoms with Crippen molar-refractivity contribution in [2.75, 3.05) is 5.32 Å². The molecular weight excluding hydrogens is 252 g/mol. The zero-order valence-corrected chi connectivity index (χ0v) is 12.0. The Hall–Kier alpha value is -1.91. The number of hydrogen-bond donors (Lipinski definition) is 1. The molecule has 2 aromatic heterocycles. The van der Waals surface area contributed by atoms with E-state index in [0.717, 1.165) is 42.4 Å². The van der Waals surface area contributed by atoms with E-state index >= 15 is 0 Å². The molecule has 0 saturated heterocycles. The van der Waals surface area contributed by atoms with Crippen molar-refractivity contribution in [3.63, 3.8) is 0 Å². The SMILES string of the molecule is CC(C)n1ncc2cc(NC(=O)C3CCCC3)cnc21. The highest BCUT2D eigenvalue weighted by molar-refractivity contribution is 5.94. The first-order valence-corrected chi connectivity index (χ1v) is 7.29. The van der Waals surface area contributed by atoms with E-state index in [1.807, 2.05) is 10.7 Å². The van der Waals surface area contributed by atoms with Gasteiger partial charge in [-0.1, -0.05) is 12.8 Å². The lowest BCUT2D eigenvalue weighted by Gasteiger charge is -2.10. The molecule has 0 atom stereocenters. The minimum absolute atomic E-state index is 0.125. The predicted molar refractivity (Wildman–Crippen MR) is 78.5 cm³/mol.